The van der Waals surface area contributed by atoms with Crippen LogP contribution in [0, 0.1) is 13.8 Å². The minimum absolute atomic E-state index is 0.0182. The number of unbranched alkanes of at least 4 members (excludes halogenated alkanes) is 1. The smallest absolute Gasteiger partial charge is 0.226 e. The van der Waals surface area contributed by atoms with Gasteiger partial charge in [-0.05, 0) is 74.8 Å². The van der Waals surface area contributed by atoms with E-state index in [1.807, 2.05) is 0 Å². The van der Waals surface area contributed by atoms with E-state index in [4.69, 9.17) is 0 Å². The van der Waals surface area contributed by atoms with E-state index in [1.54, 1.807) is 0 Å². The number of aromatic nitrogens is 2. The number of nitrogens with zero attached hydrogens (tertiary/aromatic N) is 2. The molecule has 32 heavy (non-hydrogen) atoms. The molecule has 0 spiro atoms. The summed E-state index contributed by atoms with van der Waals surface area (Å²) in [6.45, 7) is 16.5. The maximum absolute atomic E-state index is 2.61. The average Bonchev–Trinajstić information content (AvgIpc) is 3.13. The second-order valence-electron chi connectivity index (χ2n) is 10.3. The van der Waals surface area contributed by atoms with Crippen molar-refractivity contribution in [1.29, 1.82) is 0 Å². The fourth-order valence-electron chi connectivity index (χ4n) is 6.29. The molecule has 0 saturated heterocycles. The summed E-state index contributed by atoms with van der Waals surface area (Å²) in [5.74, 6) is 1.33. The molecule has 0 N–H and O–H groups in total. The van der Waals surface area contributed by atoms with Gasteiger partial charge in [0.1, 0.15) is 11.7 Å². The van der Waals surface area contributed by atoms with Gasteiger partial charge in [0.15, 0.2) is 5.69 Å². The molecule has 4 rings (SSSR count). The Morgan fingerprint density at radius 3 is 2.19 bits per heavy atom. The molecule has 2 atom stereocenters. The third-order valence-electron chi connectivity index (χ3n) is 8.70. The van der Waals surface area contributed by atoms with Gasteiger partial charge >= 0.3 is 0 Å². The highest BCUT2D eigenvalue weighted by molar-refractivity contribution is 5.72. The van der Waals surface area contributed by atoms with Crippen LogP contribution in [0.3, 0.4) is 0 Å². The van der Waals surface area contributed by atoms with E-state index in [2.05, 4.69) is 107 Å². The molecule has 0 aliphatic carbocycles. The normalized spacial score (nSPS) is 22.0. The van der Waals surface area contributed by atoms with Gasteiger partial charge in [0.2, 0.25) is 0 Å². The van der Waals surface area contributed by atoms with E-state index in [9.17, 15) is 0 Å². The summed E-state index contributed by atoms with van der Waals surface area (Å²) in [6.07, 6.45) is 8.34. The molecule has 0 amide bonds. The monoisotopic (exact) mass is 429 g/mol. The second-order valence-corrected chi connectivity index (χ2v) is 10.3. The fourth-order valence-corrected chi connectivity index (χ4v) is 6.29. The van der Waals surface area contributed by atoms with Crippen molar-refractivity contribution in [2.24, 2.45) is 7.05 Å². The van der Waals surface area contributed by atoms with Crippen molar-refractivity contribution >= 4 is 0 Å². The summed E-state index contributed by atoms with van der Waals surface area (Å²) < 4.78 is 5.06. The predicted molar refractivity (Wildman–Crippen MR) is 136 cm³/mol. The van der Waals surface area contributed by atoms with E-state index < -0.39 is 0 Å². The van der Waals surface area contributed by atoms with Crippen LogP contribution in [0.1, 0.15) is 82.6 Å². The molecule has 0 fully saturated rings. The molecule has 2 heterocycles. The van der Waals surface area contributed by atoms with Crippen molar-refractivity contribution in [2.45, 2.75) is 91.5 Å². The van der Waals surface area contributed by atoms with E-state index in [-0.39, 0.29) is 11.0 Å². The van der Waals surface area contributed by atoms with Gasteiger partial charge < -0.3 is 0 Å². The first-order valence-electron chi connectivity index (χ1n) is 12.6. The number of aryl methyl sites for hydroxylation is 3. The molecular formula is C30H41N2+. The summed E-state index contributed by atoms with van der Waals surface area (Å²) in [4.78, 5) is 0. The van der Waals surface area contributed by atoms with Crippen LogP contribution < -0.4 is 4.57 Å². The summed E-state index contributed by atoms with van der Waals surface area (Å²) >= 11 is 0. The van der Waals surface area contributed by atoms with Gasteiger partial charge in [-0.1, -0.05) is 64.4 Å². The number of benzene rings is 2. The van der Waals surface area contributed by atoms with Crippen LogP contribution >= 0.6 is 0 Å². The third kappa shape index (κ3) is 3.10. The summed E-state index contributed by atoms with van der Waals surface area (Å²) in [5.41, 5.74) is 9.94. The van der Waals surface area contributed by atoms with Gasteiger partial charge in [0.05, 0.1) is 12.6 Å². The van der Waals surface area contributed by atoms with Crippen molar-refractivity contribution in [2.75, 3.05) is 0 Å². The minimum Gasteiger partial charge on any atom is -0.226 e. The molecule has 0 saturated carbocycles. The van der Waals surface area contributed by atoms with Crippen LogP contribution in [0.5, 0.6) is 0 Å². The van der Waals surface area contributed by atoms with E-state index in [1.165, 1.54) is 64.2 Å². The quantitative estimate of drug-likeness (QED) is 0.361. The lowest BCUT2D eigenvalue weighted by Crippen LogP contribution is -2.67. The van der Waals surface area contributed by atoms with Gasteiger partial charge in [-0.15, -0.1) is 0 Å². The van der Waals surface area contributed by atoms with Crippen LogP contribution in [0.25, 0.3) is 22.6 Å². The van der Waals surface area contributed by atoms with Crippen molar-refractivity contribution in [3.05, 3.63) is 64.8 Å². The summed E-state index contributed by atoms with van der Waals surface area (Å²) in [7, 11) is 2.26. The highest BCUT2D eigenvalue weighted by Gasteiger charge is 2.55. The average molecular weight is 430 g/mol. The van der Waals surface area contributed by atoms with Crippen molar-refractivity contribution in [3.63, 3.8) is 0 Å². The highest BCUT2D eigenvalue weighted by Crippen LogP contribution is 2.50. The van der Waals surface area contributed by atoms with Gasteiger partial charge in [-0.25, -0.2) is 9.13 Å². The number of hydrogen-bond acceptors (Lipinski definition) is 0. The Labute approximate surface area is 195 Å². The molecular weight excluding hydrogens is 388 g/mol. The van der Waals surface area contributed by atoms with E-state index >= 15 is 0 Å². The first-order chi connectivity index (χ1) is 15.2. The Morgan fingerprint density at radius 1 is 0.938 bits per heavy atom. The third-order valence-corrected chi connectivity index (χ3v) is 8.70. The Balaban J connectivity index is 1.99. The van der Waals surface area contributed by atoms with Crippen molar-refractivity contribution < 1.29 is 4.57 Å². The summed E-state index contributed by atoms with van der Waals surface area (Å²) in [6, 6.07) is 13.9. The second kappa shape index (κ2) is 8.21. The molecule has 1 aliphatic rings. The standard InChI is InChI=1S/C30H41N2/c1-9-12-15-23-18-21(4)27(22(5)19-23)26-20-32-28(31(26)8)24-16-13-14-17-25(24)29(6,10-2)30(32,7)11-3/h13-14,16-20H,9-12,15H2,1-8H3/q+1. The molecule has 3 aromatic rings. The molecule has 0 radical (unpaired) electrons. The molecule has 170 valence electrons. The SMILES string of the molecule is CCCCc1cc(C)c(-c2c[n+]3c(n2C)-c2ccccc2C(C)(CC)C3(C)CC)c(C)c1. The van der Waals surface area contributed by atoms with Crippen LogP contribution in [0.4, 0.5) is 0 Å². The van der Waals surface area contributed by atoms with E-state index in [0.717, 1.165) is 12.8 Å². The largest absolute Gasteiger partial charge is 0.289 e. The van der Waals surface area contributed by atoms with Crippen molar-refractivity contribution in [3.8, 4) is 22.6 Å². The lowest BCUT2D eigenvalue weighted by Gasteiger charge is -2.47. The van der Waals surface area contributed by atoms with Crippen molar-refractivity contribution in [1.82, 2.24) is 4.57 Å². The number of hydrogen-bond donors (Lipinski definition) is 0. The molecule has 2 nitrogen and oxygen atoms in total. The van der Waals surface area contributed by atoms with Crippen LogP contribution in [-0.2, 0) is 24.4 Å². The molecule has 2 heteroatoms. The Bertz CT molecular complexity index is 1130. The number of rotatable bonds is 6. The highest BCUT2D eigenvalue weighted by atomic mass is 15.2. The maximum Gasteiger partial charge on any atom is 0.289 e. The Hall–Kier alpha value is -2.35. The fraction of sp³-hybridized carbons (Fsp3) is 0.500. The molecule has 1 aromatic heterocycles. The zero-order chi connectivity index (χ0) is 23.3. The lowest BCUT2D eigenvalue weighted by atomic mass is 9.61. The van der Waals surface area contributed by atoms with Gasteiger partial charge in [0, 0.05) is 11.0 Å². The topological polar surface area (TPSA) is 8.81 Å². The molecule has 0 bridgehead atoms. The van der Waals surface area contributed by atoms with Crippen LogP contribution in [0.2, 0.25) is 0 Å². The zero-order valence-corrected chi connectivity index (χ0v) is 21.5. The Morgan fingerprint density at radius 2 is 1.59 bits per heavy atom. The predicted octanol–water partition coefficient (Wildman–Crippen LogP) is 7.41. The molecule has 1 aliphatic heterocycles. The van der Waals surface area contributed by atoms with E-state index in [0.29, 0.717) is 0 Å². The minimum atomic E-state index is 0.0182. The van der Waals surface area contributed by atoms with Gasteiger partial charge in [-0.2, -0.15) is 0 Å². The maximum atomic E-state index is 2.61. The first kappa shape index (κ1) is 22.8. The first-order valence-corrected chi connectivity index (χ1v) is 12.6. The zero-order valence-electron chi connectivity index (χ0n) is 21.5. The molecule has 2 unspecified atom stereocenters. The number of imidazole rings is 1. The summed E-state index contributed by atoms with van der Waals surface area (Å²) in [5, 5.41) is 0. The van der Waals surface area contributed by atoms with Crippen LogP contribution in [-0.4, -0.2) is 4.57 Å². The van der Waals surface area contributed by atoms with Gasteiger partial charge in [0.25, 0.3) is 5.82 Å². The van der Waals surface area contributed by atoms with Gasteiger partial charge in [-0.3, -0.25) is 0 Å². The molecule has 2 aromatic carbocycles. The lowest BCUT2D eigenvalue weighted by molar-refractivity contribution is -0.764. The number of fused-ring (bicyclic) bond motifs is 3. The van der Waals surface area contributed by atoms with Crippen LogP contribution in [0.15, 0.2) is 42.6 Å². The Kier molecular flexibility index (Phi) is 5.86.